The molecule has 0 aliphatic heterocycles. The molecule has 4 heteroatoms. The van der Waals surface area contributed by atoms with E-state index in [4.69, 9.17) is 5.11 Å². The minimum absolute atomic E-state index is 0.396. The first kappa shape index (κ1) is 11.6. The highest BCUT2D eigenvalue weighted by Gasteiger charge is 2.49. The standard InChI is InChI=1S/C13H14O4/c1-17-11(14)10-4-2-3-9(7-10)8-13(5-6-13)12(15)16/h2-4,7H,5-6,8H2,1H3,(H,15,16). The Morgan fingerprint density at radius 3 is 2.65 bits per heavy atom. The lowest BCUT2D eigenvalue weighted by Crippen LogP contribution is -2.17. The lowest BCUT2D eigenvalue weighted by Gasteiger charge is -2.10. The van der Waals surface area contributed by atoms with Crippen LogP contribution in [-0.4, -0.2) is 24.2 Å². The van der Waals surface area contributed by atoms with Crippen molar-refractivity contribution < 1.29 is 19.4 Å². The highest BCUT2D eigenvalue weighted by atomic mass is 16.5. The van der Waals surface area contributed by atoms with Crippen molar-refractivity contribution in [1.29, 1.82) is 0 Å². The van der Waals surface area contributed by atoms with Gasteiger partial charge in [0.15, 0.2) is 0 Å². The van der Waals surface area contributed by atoms with Gasteiger partial charge in [-0.15, -0.1) is 0 Å². The zero-order valence-corrected chi connectivity index (χ0v) is 9.60. The van der Waals surface area contributed by atoms with Gasteiger partial charge in [-0.1, -0.05) is 12.1 Å². The second-order valence-electron chi connectivity index (χ2n) is 4.45. The first-order valence-electron chi connectivity index (χ1n) is 5.48. The van der Waals surface area contributed by atoms with Crippen molar-refractivity contribution in [2.75, 3.05) is 7.11 Å². The van der Waals surface area contributed by atoms with Crippen molar-refractivity contribution >= 4 is 11.9 Å². The molecule has 0 aromatic heterocycles. The number of rotatable bonds is 4. The second kappa shape index (κ2) is 4.20. The molecule has 1 N–H and O–H groups in total. The summed E-state index contributed by atoms with van der Waals surface area (Å²) in [6.45, 7) is 0. The highest BCUT2D eigenvalue weighted by molar-refractivity contribution is 5.89. The first-order valence-corrected chi connectivity index (χ1v) is 5.48. The average molecular weight is 234 g/mol. The van der Waals surface area contributed by atoms with Gasteiger partial charge < -0.3 is 9.84 Å². The van der Waals surface area contributed by atoms with Crippen molar-refractivity contribution in [2.45, 2.75) is 19.3 Å². The van der Waals surface area contributed by atoms with Crippen molar-refractivity contribution in [3.63, 3.8) is 0 Å². The van der Waals surface area contributed by atoms with Crippen LogP contribution in [0.2, 0.25) is 0 Å². The minimum Gasteiger partial charge on any atom is -0.481 e. The fourth-order valence-electron chi connectivity index (χ4n) is 1.93. The molecule has 0 saturated heterocycles. The van der Waals surface area contributed by atoms with Gasteiger partial charge in [0, 0.05) is 0 Å². The topological polar surface area (TPSA) is 63.6 Å². The summed E-state index contributed by atoms with van der Waals surface area (Å²) in [4.78, 5) is 22.4. The number of ether oxygens (including phenoxy) is 1. The number of carboxylic acid groups (broad SMARTS) is 1. The number of hydrogen-bond donors (Lipinski definition) is 1. The normalized spacial score (nSPS) is 16.3. The number of aliphatic carboxylic acids is 1. The molecule has 4 nitrogen and oxygen atoms in total. The Bertz CT molecular complexity index is 460. The van der Waals surface area contributed by atoms with E-state index in [1.807, 2.05) is 6.07 Å². The lowest BCUT2D eigenvalue weighted by molar-refractivity contribution is -0.143. The summed E-state index contributed by atoms with van der Waals surface area (Å²) in [6.07, 6.45) is 1.91. The van der Waals surface area contributed by atoms with E-state index in [-0.39, 0.29) is 0 Å². The van der Waals surface area contributed by atoms with Gasteiger partial charge in [-0.05, 0) is 37.0 Å². The largest absolute Gasteiger partial charge is 0.481 e. The molecular weight excluding hydrogens is 220 g/mol. The van der Waals surface area contributed by atoms with Crippen LogP contribution >= 0.6 is 0 Å². The molecule has 0 heterocycles. The van der Waals surface area contributed by atoms with Crippen LogP contribution < -0.4 is 0 Å². The van der Waals surface area contributed by atoms with E-state index < -0.39 is 17.4 Å². The second-order valence-corrected chi connectivity index (χ2v) is 4.45. The van der Waals surface area contributed by atoms with Gasteiger partial charge in [0.05, 0.1) is 18.1 Å². The summed E-state index contributed by atoms with van der Waals surface area (Å²) in [7, 11) is 1.33. The molecule has 1 saturated carbocycles. The molecule has 0 unspecified atom stereocenters. The average Bonchev–Trinajstić information content (AvgIpc) is 3.09. The molecule has 1 aromatic carbocycles. The molecule has 0 atom stereocenters. The van der Waals surface area contributed by atoms with Gasteiger partial charge in [0.2, 0.25) is 0 Å². The zero-order chi connectivity index (χ0) is 12.5. The van der Waals surface area contributed by atoms with Crippen molar-refractivity contribution in [2.24, 2.45) is 5.41 Å². The number of benzene rings is 1. The highest BCUT2D eigenvalue weighted by Crippen LogP contribution is 2.48. The third-order valence-corrected chi connectivity index (χ3v) is 3.20. The quantitative estimate of drug-likeness (QED) is 0.808. The van der Waals surface area contributed by atoms with Gasteiger partial charge in [-0.25, -0.2) is 4.79 Å². The minimum atomic E-state index is -0.749. The van der Waals surface area contributed by atoms with Gasteiger partial charge >= 0.3 is 11.9 Å². The van der Waals surface area contributed by atoms with Crippen LogP contribution in [0.25, 0.3) is 0 Å². The Kier molecular flexibility index (Phi) is 2.88. The Morgan fingerprint density at radius 2 is 2.12 bits per heavy atom. The Hall–Kier alpha value is -1.84. The van der Waals surface area contributed by atoms with Crippen LogP contribution in [0.4, 0.5) is 0 Å². The summed E-state index contributed by atoms with van der Waals surface area (Å²) in [5.41, 5.74) is 0.730. The Morgan fingerprint density at radius 1 is 1.41 bits per heavy atom. The molecule has 0 spiro atoms. The number of hydrogen-bond acceptors (Lipinski definition) is 3. The van der Waals surface area contributed by atoms with E-state index in [9.17, 15) is 9.59 Å². The van der Waals surface area contributed by atoms with E-state index in [2.05, 4.69) is 4.74 Å². The van der Waals surface area contributed by atoms with Crippen LogP contribution in [0, 0.1) is 5.41 Å². The maximum absolute atomic E-state index is 11.3. The summed E-state index contributed by atoms with van der Waals surface area (Å²) < 4.78 is 4.63. The summed E-state index contributed by atoms with van der Waals surface area (Å²) in [6, 6.07) is 6.96. The molecule has 1 aromatic rings. The van der Waals surface area contributed by atoms with Crippen LogP contribution in [0.5, 0.6) is 0 Å². The lowest BCUT2D eigenvalue weighted by atomic mass is 9.95. The number of carbonyl (C=O) groups is 2. The monoisotopic (exact) mass is 234 g/mol. The molecule has 1 aliphatic rings. The number of methoxy groups -OCH3 is 1. The zero-order valence-electron chi connectivity index (χ0n) is 9.60. The van der Waals surface area contributed by atoms with Crippen molar-refractivity contribution in [1.82, 2.24) is 0 Å². The summed E-state index contributed by atoms with van der Waals surface area (Å²) in [5, 5.41) is 9.10. The van der Waals surface area contributed by atoms with Gasteiger partial charge in [0.1, 0.15) is 0 Å². The first-order chi connectivity index (χ1) is 8.07. The third kappa shape index (κ3) is 2.30. The number of esters is 1. The van der Waals surface area contributed by atoms with Crippen LogP contribution in [0.15, 0.2) is 24.3 Å². The third-order valence-electron chi connectivity index (χ3n) is 3.20. The van der Waals surface area contributed by atoms with Crippen molar-refractivity contribution in [3.8, 4) is 0 Å². The Balaban J connectivity index is 2.17. The van der Waals surface area contributed by atoms with Crippen molar-refractivity contribution in [3.05, 3.63) is 35.4 Å². The molecule has 0 bridgehead atoms. The molecule has 0 amide bonds. The predicted octanol–water partition coefficient (Wildman–Crippen LogP) is 1.88. The van der Waals surface area contributed by atoms with Crippen LogP contribution in [0.1, 0.15) is 28.8 Å². The van der Waals surface area contributed by atoms with Gasteiger partial charge in [0.25, 0.3) is 0 Å². The van der Waals surface area contributed by atoms with E-state index in [0.717, 1.165) is 5.56 Å². The molecule has 2 rings (SSSR count). The van der Waals surface area contributed by atoms with Crippen LogP contribution in [-0.2, 0) is 16.0 Å². The fraction of sp³-hybridized carbons (Fsp3) is 0.385. The number of carboxylic acids is 1. The molecular formula is C13H14O4. The SMILES string of the molecule is COC(=O)c1cccc(CC2(C(=O)O)CC2)c1. The molecule has 90 valence electrons. The molecule has 1 fully saturated rings. The van der Waals surface area contributed by atoms with Crippen LogP contribution in [0.3, 0.4) is 0 Å². The molecule has 0 radical (unpaired) electrons. The smallest absolute Gasteiger partial charge is 0.337 e. The molecule has 17 heavy (non-hydrogen) atoms. The summed E-state index contributed by atoms with van der Waals surface area (Å²) >= 11 is 0. The Labute approximate surface area is 99.2 Å². The van der Waals surface area contributed by atoms with Gasteiger partial charge in [-0.2, -0.15) is 0 Å². The van der Waals surface area contributed by atoms with E-state index in [0.29, 0.717) is 24.8 Å². The predicted molar refractivity (Wildman–Crippen MR) is 60.8 cm³/mol. The maximum atomic E-state index is 11.3. The number of carbonyl (C=O) groups excluding carboxylic acids is 1. The van der Waals surface area contributed by atoms with E-state index >= 15 is 0 Å². The van der Waals surface area contributed by atoms with Gasteiger partial charge in [-0.3, -0.25) is 4.79 Å². The fourth-order valence-corrected chi connectivity index (χ4v) is 1.93. The molecule has 1 aliphatic carbocycles. The van der Waals surface area contributed by atoms with E-state index in [1.165, 1.54) is 7.11 Å². The summed E-state index contributed by atoms with van der Waals surface area (Å²) in [5.74, 6) is -1.15. The maximum Gasteiger partial charge on any atom is 0.337 e. The van der Waals surface area contributed by atoms with E-state index in [1.54, 1.807) is 18.2 Å².